The molecule has 2 N–H and O–H groups in total. The normalized spacial score (nSPS) is 26.9. The molecule has 0 aliphatic heterocycles. The fourth-order valence-corrected chi connectivity index (χ4v) is 5.46. The minimum atomic E-state index is -0.623. The van der Waals surface area contributed by atoms with E-state index in [4.69, 9.17) is 23.2 Å². The lowest BCUT2D eigenvalue weighted by Crippen LogP contribution is -2.45. The van der Waals surface area contributed by atoms with Crippen molar-refractivity contribution in [2.75, 3.05) is 0 Å². The van der Waals surface area contributed by atoms with Crippen LogP contribution in [0.15, 0.2) is 12.1 Å². The maximum Gasteiger partial charge on any atom is 0.226 e. The Morgan fingerprint density at radius 2 is 1.83 bits per heavy atom. The Kier molecular flexibility index (Phi) is 6.50. The van der Waals surface area contributed by atoms with Gasteiger partial charge < -0.3 is 10.6 Å². The predicted molar refractivity (Wildman–Crippen MR) is 113 cm³/mol. The van der Waals surface area contributed by atoms with Crippen molar-refractivity contribution in [1.29, 1.82) is 0 Å². The molecule has 7 heteroatoms. The van der Waals surface area contributed by atoms with Crippen LogP contribution < -0.4 is 10.6 Å². The van der Waals surface area contributed by atoms with Crippen LogP contribution in [0.4, 0.5) is 4.39 Å². The minimum absolute atomic E-state index is 0.0183. The second-order valence-corrected chi connectivity index (χ2v) is 10.0. The van der Waals surface area contributed by atoms with Crippen molar-refractivity contribution in [2.45, 2.75) is 77.8 Å². The fraction of sp³-hybridized carbons (Fsp3) is 0.636. The van der Waals surface area contributed by atoms with E-state index in [-0.39, 0.29) is 38.9 Å². The average molecular weight is 443 g/mol. The van der Waals surface area contributed by atoms with Crippen LogP contribution in [0.3, 0.4) is 0 Å². The van der Waals surface area contributed by atoms with Gasteiger partial charge >= 0.3 is 0 Å². The SMILES string of the molecule is CC(=O)N[C@@H]1CC[C@](C)(C(=O)N[C@H](c2c(F)ccc(Cl)c2Cl)C2(C)CCCC2)C1. The molecule has 2 fully saturated rings. The first kappa shape index (κ1) is 22.4. The standard InChI is InChI=1S/C22H29Cl2FN2O2/c1-13(28)26-14-8-11-22(3,12-14)20(29)27-19(21(2)9-4-5-10-21)17-16(25)7-6-15(23)18(17)24/h6-7,14,19H,4-5,8-12H2,1-3H3,(H,26,28)(H,27,29)/t14-,19-,22+/m1/s1. The second-order valence-electron chi connectivity index (χ2n) is 9.23. The summed E-state index contributed by atoms with van der Waals surface area (Å²) in [5.74, 6) is -0.673. The monoisotopic (exact) mass is 442 g/mol. The molecule has 2 saturated carbocycles. The van der Waals surface area contributed by atoms with E-state index in [2.05, 4.69) is 17.6 Å². The van der Waals surface area contributed by atoms with E-state index in [1.165, 1.54) is 19.1 Å². The summed E-state index contributed by atoms with van der Waals surface area (Å²) in [4.78, 5) is 24.8. The maximum atomic E-state index is 14.9. The summed E-state index contributed by atoms with van der Waals surface area (Å²) in [7, 11) is 0. The molecule has 160 valence electrons. The van der Waals surface area contributed by atoms with Gasteiger partial charge in [0.25, 0.3) is 0 Å². The molecule has 0 aromatic heterocycles. The number of nitrogens with one attached hydrogen (secondary N) is 2. The van der Waals surface area contributed by atoms with Gasteiger partial charge in [-0.2, -0.15) is 0 Å². The molecule has 1 aromatic rings. The molecule has 0 heterocycles. The summed E-state index contributed by atoms with van der Waals surface area (Å²) in [5, 5.41) is 6.50. The Bertz CT molecular complexity index is 810. The average Bonchev–Trinajstić information content (AvgIpc) is 3.24. The van der Waals surface area contributed by atoms with Crippen LogP contribution in [0, 0.1) is 16.6 Å². The van der Waals surface area contributed by atoms with Crippen molar-refractivity contribution in [3.63, 3.8) is 0 Å². The van der Waals surface area contributed by atoms with Crippen LogP contribution in [0.25, 0.3) is 0 Å². The van der Waals surface area contributed by atoms with Gasteiger partial charge in [-0.3, -0.25) is 9.59 Å². The third-order valence-corrected chi connectivity index (χ3v) is 7.60. The smallest absolute Gasteiger partial charge is 0.226 e. The molecule has 0 unspecified atom stereocenters. The first-order valence-corrected chi connectivity index (χ1v) is 11.0. The lowest BCUT2D eigenvalue weighted by Gasteiger charge is -2.38. The maximum absolute atomic E-state index is 14.9. The number of carbonyl (C=O) groups excluding carboxylic acids is 2. The molecular formula is C22H29Cl2FN2O2. The molecule has 0 bridgehead atoms. The summed E-state index contributed by atoms with van der Waals surface area (Å²) in [6.45, 7) is 5.48. The lowest BCUT2D eigenvalue weighted by molar-refractivity contribution is -0.132. The largest absolute Gasteiger partial charge is 0.354 e. The van der Waals surface area contributed by atoms with Crippen molar-refractivity contribution in [3.05, 3.63) is 33.6 Å². The number of halogens is 3. The van der Waals surface area contributed by atoms with E-state index in [1.807, 2.05) is 6.92 Å². The Hall–Kier alpha value is -1.33. The van der Waals surface area contributed by atoms with Crippen LogP contribution in [0.1, 0.15) is 77.3 Å². The zero-order valence-electron chi connectivity index (χ0n) is 17.2. The molecule has 1 aromatic carbocycles. The molecule has 0 radical (unpaired) electrons. The number of amides is 2. The summed E-state index contributed by atoms with van der Waals surface area (Å²) in [6.07, 6.45) is 5.80. The van der Waals surface area contributed by atoms with Gasteiger partial charge in [-0.25, -0.2) is 4.39 Å². The van der Waals surface area contributed by atoms with Crippen molar-refractivity contribution in [3.8, 4) is 0 Å². The van der Waals surface area contributed by atoms with Crippen molar-refractivity contribution >= 4 is 35.0 Å². The zero-order chi connectivity index (χ0) is 21.4. The van der Waals surface area contributed by atoms with E-state index in [0.717, 1.165) is 32.1 Å². The van der Waals surface area contributed by atoms with Crippen LogP contribution in [-0.2, 0) is 9.59 Å². The Morgan fingerprint density at radius 1 is 1.17 bits per heavy atom. The van der Waals surface area contributed by atoms with Crippen LogP contribution in [-0.4, -0.2) is 17.9 Å². The summed E-state index contributed by atoms with van der Waals surface area (Å²) in [6, 6.07) is 2.18. The van der Waals surface area contributed by atoms with Gasteiger partial charge in [0.2, 0.25) is 11.8 Å². The Labute approximate surface area is 181 Å². The van der Waals surface area contributed by atoms with Gasteiger partial charge in [0.05, 0.1) is 16.1 Å². The molecule has 2 aliphatic rings. The van der Waals surface area contributed by atoms with Gasteiger partial charge in [0, 0.05) is 23.9 Å². The highest BCUT2D eigenvalue weighted by Crippen LogP contribution is 2.50. The van der Waals surface area contributed by atoms with E-state index in [9.17, 15) is 14.0 Å². The van der Waals surface area contributed by atoms with Crippen LogP contribution in [0.2, 0.25) is 10.0 Å². The predicted octanol–water partition coefficient (Wildman–Crippen LogP) is 5.57. The Morgan fingerprint density at radius 3 is 2.45 bits per heavy atom. The molecule has 3 rings (SSSR count). The number of benzene rings is 1. The van der Waals surface area contributed by atoms with Gasteiger partial charge in [0.1, 0.15) is 5.82 Å². The van der Waals surface area contributed by atoms with Gasteiger partial charge in [0.15, 0.2) is 0 Å². The number of hydrogen-bond acceptors (Lipinski definition) is 2. The highest BCUT2D eigenvalue weighted by atomic mass is 35.5. The molecule has 4 nitrogen and oxygen atoms in total. The first-order chi connectivity index (χ1) is 13.6. The quantitative estimate of drug-likeness (QED) is 0.585. The number of rotatable bonds is 5. The van der Waals surface area contributed by atoms with E-state index in [1.54, 1.807) is 0 Å². The molecule has 0 saturated heterocycles. The third kappa shape index (κ3) is 4.56. The molecule has 0 spiro atoms. The topological polar surface area (TPSA) is 58.2 Å². The number of hydrogen-bond donors (Lipinski definition) is 2. The molecule has 2 aliphatic carbocycles. The van der Waals surface area contributed by atoms with Gasteiger partial charge in [-0.15, -0.1) is 0 Å². The van der Waals surface area contributed by atoms with E-state index >= 15 is 0 Å². The van der Waals surface area contributed by atoms with Crippen molar-refractivity contribution in [2.24, 2.45) is 10.8 Å². The summed E-state index contributed by atoms with van der Waals surface area (Å²) < 4.78 is 14.9. The molecular weight excluding hydrogens is 414 g/mol. The second kappa shape index (κ2) is 8.43. The van der Waals surface area contributed by atoms with Gasteiger partial charge in [-0.05, 0) is 49.7 Å². The zero-order valence-corrected chi connectivity index (χ0v) is 18.7. The van der Waals surface area contributed by atoms with Crippen molar-refractivity contribution in [1.82, 2.24) is 10.6 Å². The first-order valence-electron chi connectivity index (χ1n) is 10.3. The molecule has 29 heavy (non-hydrogen) atoms. The highest BCUT2D eigenvalue weighted by molar-refractivity contribution is 6.42. The third-order valence-electron chi connectivity index (χ3n) is 6.78. The van der Waals surface area contributed by atoms with E-state index < -0.39 is 17.3 Å². The van der Waals surface area contributed by atoms with Crippen molar-refractivity contribution < 1.29 is 14.0 Å². The number of carbonyl (C=O) groups is 2. The fourth-order valence-electron chi connectivity index (χ4n) is 5.04. The van der Waals surface area contributed by atoms with Crippen LogP contribution >= 0.6 is 23.2 Å². The minimum Gasteiger partial charge on any atom is -0.354 e. The summed E-state index contributed by atoms with van der Waals surface area (Å²) in [5.41, 5.74) is -0.643. The Balaban J connectivity index is 1.90. The van der Waals surface area contributed by atoms with Crippen LogP contribution in [0.5, 0.6) is 0 Å². The lowest BCUT2D eigenvalue weighted by atomic mass is 9.76. The molecule has 2 amide bonds. The molecule has 3 atom stereocenters. The van der Waals surface area contributed by atoms with Gasteiger partial charge in [-0.1, -0.05) is 49.9 Å². The van der Waals surface area contributed by atoms with E-state index in [0.29, 0.717) is 12.8 Å². The summed E-state index contributed by atoms with van der Waals surface area (Å²) >= 11 is 12.6. The highest BCUT2D eigenvalue weighted by Gasteiger charge is 2.46.